The Balaban J connectivity index is 0.000000873. The van der Waals surface area contributed by atoms with Crippen LogP contribution in [0.2, 0.25) is 6.04 Å². The highest BCUT2D eigenvalue weighted by molar-refractivity contribution is 6.70. The molecule has 0 amide bonds. The highest BCUT2D eigenvalue weighted by Crippen LogP contribution is 2.42. The summed E-state index contributed by atoms with van der Waals surface area (Å²) < 4.78 is 17.4. The van der Waals surface area contributed by atoms with Gasteiger partial charge < -0.3 is 19.3 Å². The molecule has 1 saturated heterocycles. The Morgan fingerprint density at radius 2 is 1.67 bits per heavy atom. The van der Waals surface area contributed by atoms with Crippen LogP contribution in [-0.2, 0) is 13.6 Å². The van der Waals surface area contributed by atoms with E-state index in [0.717, 1.165) is 31.9 Å². The molecule has 0 aromatic heterocycles. The Labute approximate surface area is 113 Å². The van der Waals surface area contributed by atoms with E-state index in [1.54, 1.807) is 21.3 Å². The van der Waals surface area contributed by atoms with Crippen molar-refractivity contribution < 1.29 is 13.6 Å². The first-order chi connectivity index (χ1) is 8.61. The minimum absolute atomic E-state index is 0.122. The van der Waals surface area contributed by atoms with E-state index in [9.17, 15) is 0 Å². The number of hydrogen-bond acceptors (Lipinski definition) is 4. The normalized spacial score (nSPS) is 26.3. The average molecular weight is 277 g/mol. The van der Waals surface area contributed by atoms with E-state index in [1.807, 2.05) is 6.92 Å². The quantitative estimate of drug-likeness (QED) is 0.785. The van der Waals surface area contributed by atoms with E-state index in [1.165, 1.54) is 12.8 Å². The lowest BCUT2D eigenvalue weighted by atomic mass is 10.1. The molecule has 0 bridgehead atoms. The Bertz CT molecular complexity index is 208. The number of hydrogen-bond donors (Lipinski definition) is 1. The first kappa shape index (κ1) is 18.1. The topological polar surface area (TPSA) is 53.7 Å². The van der Waals surface area contributed by atoms with Gasteiger partial charge in [-0.1, -0.05) is 33.1 Å². The van der Waals surface area contributed by atoms with Crippen LogP contribution in [0.4, 0.5) is 0 Å². The molecule has 1 unspecified atom stereocenters. The third-order valence-electron chi connectivity index (χ3n) is 3.73. The van der Waals surface area contributed by atoms with Crippen LogP contribution >= 0.6 is 0 Å². The number of methoxy groups -OCH3 is 1. The van der Waals surface area contributed by atoms with Crippen molar-refractivity contribution in [3.63, 3.8) is 0 Å². The molecule has 1 aliphatic rings. The maximum Gasteiger partial charge on any atom is 0.370 e. The molecule has 0 radical (unpaired) electrons. The van der Waals surface area contributed by atoms with Gasteiger partial charge in [-0.05, 0) is 25.4 Å². The first-order valence-electron chi connectivity index (χ1n) is 6.97. The van der Waals surface area contributed by atoms with Crippen LogP contribution in [0.5, 0.6) is 0 Å². The molecule has 2 N–H and O–H groups in total. The summed E-state index contributed by atoms with van der Waals surface area (Å²) in [5.41, 5.74) is 4.85. The maximum absolute atomic E-state index is 5.83. The second-order valence-corrected chi connectivity index (χ2v) is 8.46. The molecule has 0 spiro atoms. The Morgan fingerprint density at radius 3 is 2.06 bits per heavy atom. The predicted molar refractivity (Wildman–Crippen MR) is 77.8 cm³/mol. The van der Waals surface area contributed by atoms with Gasteiger partial charge in [-0.25, -0.2) is 0 Å². The molecule has 5 heteroatoms. The Morgan fingerprint density at radius 1 is 1.11 bits per heavy atom. The number of ether oxygens (including phenoxy) is 1. The smallest absolute Gasteiger partial charge is 0.370 e. The highest BCUT2D eigenvalue weighted by atomic mass is 28.4. The summed E-state index contributed by atoms with van der Waals surface area (Å²) in [6.45, 7) is 4.85. The van der Waals surface area contributed by atoms with E-state index >= 15 is 0 Å². The van der Waals surface area contributed by atoms with Crippen molar-refractivity contribution >= 4 is 8.56 Å². The molecule has 1 heterocycles. The summed E-state index contributed by atoms with van der Waals surface area (Å²) in [4.78, 5) is 0. The maximum atomic E-state index is 5.83. The number of nitrogens with two attached hydrogens (primary N) is 1. The largest absolute Gasteiger partial charge is 0.396 e. The summed E-state index contributed by atoms with van der Waals surface area (Å²) in [6, 6.07) is 1.06. The van der Waals surface area contributed by atoms with Gasteiger partial charge in [0.15, 0.2) is 0 Å². The summed E-state index contributed by atoms with van der Waals surface area (Å²) in [5.74, 6) is 0. The molecule has 0 saturated carbocycles. The lowest BCUT2D eigenvalue weighted by Crippen LogP contribution is -2.64. The van der Waals surface area contributed by atoms with Crippen molar-refractivity contribution in [3.05, 3.63) is 0 Å². The van der Waals surface area contributed by atoms with Gasteiger partial charge >= 0.3 is 8.56 Å². The van der Waals surface area contributed by atoms with Crippen LogP contribution in [-0.4, -0.2) is 41.7 Å². The lowest BCUT2D eigenvalue weighted by molar-refractivity contribution is -0.0149. The number of rotatable bonds is 5. The molecule has 110 valence electrons. The van der Waals surface area contributed by atoms with Crippen molar-refractivity contribution in [2.24, 2.45) is 5.73 Å². The van der Waals surface area contributed by atoms with Gasteiger partial charge in [0, 0.05) is 21.3 Å². The third-order valence-corrected chi connectivity index (χ3v) is 8.16. The van der Waals surface area contributed by atoms with Crippen molar-refractivity contribution in [1.29, 1.82) is 0 Å². The van der Waals surface area contributed by atoms with Crippen LogP contribution in [0.3, 0.4) is 0 Å². The zero-order valence-corrected chi connectivity index (χ0v) is 13.8. The van der Waals surface area contributed by atoms with Gasteiger partial charge in [-0.15, -0.1) is 0 Å². The SMILES string of the molecule is CCCC1(OC)CCCC[Si]1(OC)OC.CCN. The Kier molecular flexibility index (Phi) is 9.07. The molecule has 1 fully saturated rings. The molecule has 4 nitrogen and oxygen atoms in total. The fraction of sp³-hybridized carbons (Fsp3) is 1.00. The van der Waals surface area contributed by atoms with Crippen molar-refractivity contribution in [2.75, 3.05) is 27.9 Å². The Hall–Kier alpha value is 0.0569. The van der Waals surface area contributed by atoms with E-state index < -0.39 is 8.56 Å². The van der Waals surface area contributed by atoms with E-state index in [0.29, 0.717) is 0 Å². The van der Waals surface area contributed by atoms with E-state index in [4.69, 9.17) is 19.3 Å². The van der Waals surface area contributed by atoms with Crippen LogP contribution in [0.1, 0.15) is 46.0 Å². The molecule has 18 heavy (non-hydrogen) atoms. The molecule has 0 aliphatic carbocycles. The van der Waals surface area contributed by atoms with Crippen LogP contribution in [0.15, 0.2) is 0 Å². The molecular formula is C13H31NO3Si. The molecule has 0 aromatic rings. The van der Waals surface area contributed by atoms with Crippen LogP contribution in [0, 0.1) is 0 Å². The van der Waals surface area contributed by atoms with Gasteiger partial charge in [0.1, 0.15) is 5.22 Å². The fourth-order valence-corrected chi connectivity index (χ4v) is 6.91. The monoisotopic (exact) mass is 277 g/mol. The lowest BCUT2D eigenvalue weighted by Gasteiger charge is -2.47. The van der Waals surface area contributed by atoms with Gasteiger partial charge in [-0.3, -0.25) is 0 Å². The van der Waals surface area contributed by atoms with Crippen LogP contribution in [0.25, 0.3) is 0 Å². The minimum atomic E-state index is -2.15. The fourth-order valence-electron chi connectivity index (χ4n) is 2.92. The summed E-state index contributed by atoms with van der Waals surface area (Å²) in [7, 11) is 3.22. The van der Waals surface area contributed by atoms with E-state index in [2.05, 4.69) is 6.92 Å². The zero-order valence-electron chi connectivity index (χ0n) is 12.8. The van der Waals surface area contributed by atoms with Gasteiger partial charge in [0.2, 0.25) is 0 Å². The first-order valence-corrected chi connectivity index (χ1v) is 8.99. The van der Waals surface area contributed by atoms with E-state index in [-0.39, 0.29) is 5.22 Å². The zero-order chi connectivity index (χ0) is 14.1. The van der Waals surface area contributed by atoms with Crippen LogP contribution < -0.4 is 5.73 Å². The second kappa shape index (κ2) is 9.04. The summed E-state index contributed by atoms with van der Waals surface area (Å²) >= 11 is 0. The molecular weight excluding hydrogens is 246 g/mol. The molecule has 1 rings (SSSR count). The van der Waals surface area contributed by atoms with Crippen molar-refractivity contribution in [1.82, 2.24) is 0 Å². The standard InChI is InChI=1S/C11H24O3Si.C2H7N/c1-5-8-11(12-2)9-6-7-10-15(11,13-3)14-4;1-2-3/h5-10H2,1-4H3;2-3H2,1H3. The van der Waals surface area contributed by atoms with Crippen molar-refractivity contribution in [3.8, 4) is 0 Å². The summed E-state index contributed by atoms with van der Waals surface area (Å²) in [5, 5.41) is -0.122. The van der Waals surface area contributed by atoms with Crippen molar-refractivity contribution in [2.45, 2.75) is 57.2 Å². The highest BCUT2D eigenvalue weighted by Gasteiger charge is 2.58. The van der Waals surface area contributed by atoms with Gasteiger partial charge in [0.25, 0.3) is 0 Å². The predicted octanol–water partition coefficient (Wildman–Crippen LogP) is 2.59. The summed E-state index contributed by atoms with van der Waals surface area (Å²) in [6.07, 6.45) is 5.70. The van der Waals surface area contributed by atoms with Gasteiger partial charge in [-0.2, -0.15) is 0 Å². The second-order valence-electron chi connectivity index (χ2n) is 4.72. The average Bonchev–Trinajstić information content (AvgIpc) is 2.40. The van der Waals surface area contributed by atoms with Gasteiger partial charge in [0.05, 0.1) is 0 Å². The molecule has 1 atom stereocenters. The third kappa shape index (κ3) is 3.77. The molecule has 1 aliphatic heterocycles. The molecule has 0 aromatic carbocycles. The minimum Gasteiger partial charge on any atom is -0.396 e.